The van der Waals surface area contributed by atoms with E-state index in [2.05, 4.69) is 567 Å². The lowest BCUT2D eigenvalue weighted by molar-refractivity contribution is 0.414. The van der Waals surface area contributed by atoms with Crippen molar-refractivity contribution in [3.05, 3.63) is 519 Å². The Morgan fingerprint density at radius 1 is 0.190 bits per heavy atom. The van der Waals surface area contributed by atoms with Crippen LogP contribution in [0.3, 0.4) is 0 Å². The molecule has 24 rings (SSSR count). The first-order valence-corrected chi connectivity index (χ1v) is 51.0. The topological polar surface area (TPSA) is 31.4 Å². The van der Waals surface area contributed by atoms with Gasteiger partial charge in [-0.05, 0) is 352 Å². The molecule has 24 aromatic carbocycles. The first-order chi connectivity index (χ1) is 71.8. The van der Waals surface area contributed by atoms with Gasteiger partial charge in [-0.1, -0.05) is 372 Å². The van der Waals surface area contributed by atoms with Crippen LogP contribution in [0.2, 0.25) is 0 Å². The molecule has 0 unspecified atom stereocenters. The summed E-state index contributed by atoms with van der Waals surface area (Å²) in [5, 5.41) is 14.5. The number of aryl methyl sites for hydroxylation is 4. The van der Waals surface area contributed by atoms with Crippen LogP contribution in [0.1, 0.15) is 73.9 Å². The molecule has 147 heavy (non-hydrogen) atoms. The van der Waals surface area contributed by atoms with E-state index < -0.39 is 0 Å². The molecular formula is C141H114N4O2. The Morgan fingerprint density at radius 3 is 0.605 bits per heavy atom. The number of nitrogens with zero attached hydrogens (tertiary/aromatic N) is 4. The maximum Gasteiger partial charge on any atom is 0.119 e. The molecule has 24 aromatic rings. The molecule has 0 N–H and O–H groups in total. The Kier molecular flexibility index (Phi) is 24.9. The lowest BCUT2D eigenvalue weighted by atomic mass is 9.87. The monoisotopic (exact) mass is 1890 g/mol. The summed E-state index contributed by atoms with van der Waals surface area (Å²) in [6.45, 7) is 20.0. The van der Waals surface area contributed by atoms with Gasteiger partial charge in [0.15, 0.2) is 0 Å². The summed E-state index contributed by atoms with van der Waals surface area (Å²) < 4.78 is 11.4. The van der Waals surface area contributed by atoms with Crippen molar-refractivity contribution in [3.8, 4) is 101 Å². The molecule has 0 aliphatic heterocycles. The molecule has 0 bridgehead atoms. The highest BCUT2D eigenvalue weighted by molar-refractivity contribution is 6.30. The lowest BCUT2D eigenvalue weighted by Gasteiger charge is -2.31. The Morgan fingerprint density at radius 2 is 0.395 bits per heavy atom. The van der Waals surface area contributed by atoms with Gasteiger partial charge >= 0.3 is 0 Å². The molecule has 0 aromatic heterocycles. The number of ether oxygens (including phenoxy) is 2. The minimum absolute atomic E-state index is 0.00928. The van der Waals surface area contributed by atoms with E-state index in [1.807, 2.05) is 0 Å². The van der Waals surface area contributed by atoms with Gasteiger partial charge in [-0.15, -0.1) is 0 Å². The molecule has 6 nitrogen and oxygen atoms in total. The van der Waals surface area contributed by atoms with Crippen LogP contribution in [0.4, 0.5) is 68.2 Å². The fourth-order valence-corrected chi connectivity index (χ4v) is 21.4. The minimum Gasteiger partial charge on any atom is -0.497 e. The molecule has 0 heterocycles. The second-order valence-corrected chi connectivity index (χ2v) is 40.5. The smallest absolute Gasteiger partial charge is 0.119 e. The van der Waals surface area contributed by atoms with Crippen molar-refractivity contribution in [1.82, 2.24) is 0 Å². The second-order valence-electron chi connectivity index (χ2n) is 40.5. The van der Waals surface area contributed by atoms with Gasteiger partial charge in [-0.2, -0.15) is 0 Å². The maximum atomic E-state index is 5.71. The third kappa shape index (κ3) is 18.5. The third-order valence-corrected chi connectivity index (χ3v) is 29.3. The lowest BCUT2D eigenvalue weighted by Crippen LogP contribution is -2.14. The van der Waals surface area contributed by atoms with E-state index in [-0.39, 0.29) is 5.41 Å². The first-order valence-electron chi connectivity index (χ1n) is 51.0. The molecule has 0 radical (unpaired) electrons. The summed E-state index contributed by atoms with van der Waals surface area (Å²) in [4.78, 5) is 9.82. The van der Waals surface area contributed by atoms with Gasteiger partial charge in [0, 0.05) is 67.0 Å². The van der Waals surface area contributed by atoms with Gasteiger partial charge in [0.05, 0.1) is 37.0 Å². The van der Waals surface area contributed by atoms with E-state index in [1.54, 1.807) is 14.2 Å². The van der Waals surface area contributed by atoms with Crippen LogP contribution in [0.15, 0.2) is 485 Å². The van der Waals surface area contributed by atoms with Crippen molar-refractivity contribution in [2.24, 2.45) is 0 Å². The van der Waals surface area contributed by atoms with Gasteiger partial charge in [0.25, 0.3) is 0 Å². The van der Waals surface area contributed by atoms with Crippen LogP contribution in [-0.2, 0) is 5.41 Å². The number of methoxy groups -OCH3 is 2. The predicted octanol–water partition coefficient (Wildman–Crippen LogP) is 40.1. The molecule has 0 spiro atoms. The second kappa shape index (κ2) is 39.5. The van der Waals surface area contributed by atoms with E-state index in [9.17, 15) is 0 Å². The summed E-state index contributed by atoms with van der Waals surface area (Å²) in [5.74, 6) is 2.03. The molecule has 0 saturated heterocycles. The Labute approximate surface area is 862 Å². The van der Waals surface area contributed by atoms with Crippen LogP contribution in [0, 0.1) is 27.7 Å². The molecule has 0 aliphatic carbocycles. The van der Waals surface area contributed by atoms with E-state index in [4.69, 9.17) is 9.47 Å². The van der Waals surface area contributed by atoms with Gasteiger partial charge in [-0.25, -0.2) is 0 Å². The van der Waals surface area contributed by atoms with Gasteiger partial charge in [-0.3, -0.25) is 0 Å². The maximum absolute atomic E-state index is 5.71. The minimum atomic E-state index is 0.00928. The van der Waals surface area contributed by atoms with E-state index in [0.29, 0.717) is 5.92 Å². The Bertz CT molecular complexity index is 8640. The normalized spacial score (nSPS) is 11.6. The van der Waals surface area contributed by atoms with Crippen molar-refractivity contribution >= 4 is 133 Å². The SMILES string of the molecule is COc1ccc(N(c2cc(-c3ccccc3)cc(-c3ccc(C)cc3)c2)c2ccc3ccc4c(N(c5ccc(OC)cc5)c5cc(-c6ccccc6)cc(-c6ccc(C)cc6)c5)ccc5ccc2c3c54)cc1.Cc1ccc(-c2cc(-c3ccccc3)cc(N(c3ccc(C(C)C)cc3)c3ccc4ccc5c(N(c6ccc(C(C)(C)C)cc6)c6cc(-c7ccccc7)cc(-c7ccc(C)cc7)c6)ccc6ccc3c4c65)c2)cc1. The highest BCUT2D eigenvalue weighted by Crippen LogP contribution is 2.54. The molecule has 0 atom stereocenters. The van der Waals surface area contributed by atoms with Gasteiger partial charge in [0.1, 0.15) is 11.5 Å². The summed E-state index contributed by atoms with van der Waals surface area (Å²) in [6, 6.07) is 179. The van der Waals surface area contributed by atoms with Crippen LogP contribution in [0.25, 0.3) is 154 Å². The van der Waals surface area contributed by atoms with E-state index in [0.717, 1.165) is 124 Å². The molecule has 6 heteroatoms. The van der Waals surface area contributed by atoms with Crippen LogP contribution >= 0.6 is 0 Å². The number of hydrogen-bond acceptors (Lipinski definition) is 6. The molecule has 0 saturated carbocycles. The molecular weight excluding hydrogens is 1780 g/mol. The Hall–Kier alpha value is -17.8. The standard InChI is InChI=1S/C73H62N2.C68H52N2O2/c1-48(2)51-26-34-63(35-27-51)74(65-44-58(52-14-10-8-11-15-52)42-60(46-65)54-22-18-49(3)19-23-54)69-40-30-56-29-39-68-70(41-31-57-28-38-67(69)71(56)72(57)68)75(64-36-32-62(33-37-64)73(5,6)7)66-45-59(53-16-12-9-13-17-53)43-61(47-66)55-24-20-50(4)21-25-55;1-45-15-19-49(20-16-45)55-39-53(47-11-7-5-8-12-47)41-59(43-55)69(57-27-31-61(71-3)32-28-57)65-37-25-51-24-36-64-66(38-26-52-23-35-63(65)67(51)68(52)64)70(58-29-33-62(72-4)34-30-58)60-42-54(48-13-9-6-10-14-48)40-56(44-60)50-21-17-46(2)18-22-50/h8-48H,1-7H3;5-44H,1-4H3. The quantitative estimate of drug-likeness (QED) is 0.0594. The largest absolute Gasteiger partial charge is 0.497 e. The molecule has 0 aliphatic rings. The van der Waals surface area contributed by atoms with Crippen LogP contribution in [0.5, 0.6) is 11.5 Å². The Balaban J connectivity index is 0.000000162. The summed E-state index contributed by atoms with van der Waals surface area (Å²) >= 11 is 0. The average molecular weight is 1900 g/mol. The zero-order valence-electron chi connectivity index (χ0n) is 84.9. The zero-order chi connectivity index (χ0) is 100. The van der Waals surface area contributed by atoms with Crippen molar-refractivity contribution in [2.45, 2.75) is 73.6 Å². The van der Waals surface area contributed by atoms with Gasteiger partial charge < -0.3 is 29.1 Å². The zero-order valence-corrected chi connectivity index (χ0v) is 84.9. The highest BCUT2D eigenvalue weighted by Gasteiger charge is 2.29. The summed E-state index contributed by atoms with van der Waals surface area (Å²) in [5.41, 5.74) is 39.3. The first kappa shape index (κ1) is 92.8. The molecule has 0 fully saturated rings. The van der Waals surface area contributed by atoms with Crippen molar-refractivity contribution in [1.29, 1.82) is 0 Å². The van der Waals surface area contributed by atoms with Crippen LogP contribution < -0.4 is 29.1 Å². The number of anilines is 12. The number of benzene rings is 24. The third-order valence-electron chi connectivity index (χ3n) is 29.3. The predicted molar refractivity (Wildman–Crippen MR) is 627 cm³/mol. The number of rotatable bonds is 23. The molecule has 0 amide bonds. The average Bonchev–Trinajstić information content (AvgIpc) is 0.719. The highest BCUT2D eigenvalue weighted by atomic mass is 16.5. The van der Waals surface area contributed by atoms with E-state index in [1.165, 1.54) is 143 Å². The van der Waals surface area contributed by atoms with Crippen molar-refractivity contribution in [3.63, 3.8) is 0 Å². The summed E-state index contributed by atoms with van der Waals surface area (Å²) in [7, 11) is 3.44. The van der Waals surface area contributed by atoms with Crippen LogP contribution in [-0.4, -0.2) is 14.2 Å². The fourth-order valence-electron chi connectivity index (χ4n) is 21.4. The number of hydrogen-bond donors (Lipinski definition) is 0. The van der Waals surface area contributed by atoms with Crippen molar-refractivity contribution < 1.29 is 9.47 Å². The van der Waals surface area contributed by atoms with E-state index >= 15 is 0 Å². The molecule has 710 valence electrons. The van der Waals surface area contributed by atoms with Crippen molar-refractivity contribution in [2.75, 3.05) is 33.8 Å². The summed E-state index contributed by atoms with van der Waals surface area (Å²) in [6.07, 6.45) is 0. The fraction of sp³-hybridized carbons (Fsp3) is 0.0922. The van der Waals surface area contributed by atoms with Gasteiger partial charge in [0.2, 0.25) is 0 Å².